The molecule has 18 heavy (non-hydrogen) atoms. The van der Waals surface area contributed by atoms with E-state index >= 15 is 0 Å². The van der Waals surface area contributed by atoms with E-state index < -0.39 is 6.10 Å². The first kappa shape index (κ1) is 13.9. The molecule has 0 saturated heterocycles. The van der Waals surface area contributed by atoms with E-state index in [1.165, 1.54) is 25.7 Å². The molecule has 2 saturated carbocycles. The van der Waals surface area contributed by atoms with Gasteiger partial charge in [-0.15, -0.1) is 0 Å². The highest BCUT2D eigenvalue weighted by molar-refractivity contribution is 5.76. The summed E-state index contributed by atoms with van der Waals surface area (Å²) in [4.78, 5) is 11.9. The Bertz CT molecular complexity index is 308. The van der Waals surface area contributed by atoms with Gasteiger partial charge in [-0.25, -0.2) is 0 Å². The number of fused-ring (bicyclic) bond motifs is 2. The monoisotopic (exact) mass is 253 g/mol. The molecule has 2 bridgehead atoms. The third kappa shape index (κ3) is 3.25. The fourth-order valence-corrected chi connectivity index (χ4v) is 3.45. The van der Waals surface area contributed by atoms with Crippen LogP contribution in [-0.4, -0.2) is 23.7 Å². The average Bonchev–Trinajstić information content (AvgIpc) is 2.86. The van der Waals surface area contributed by atoms with Gasteiger partial charge in [-0.05, 0) is 42.4 Å². The van der Waals surface area contributed by atoms with Crippen molar-refractivity contribution in [1.82, 2.24) is 5.32 Å². The highest BCUT2D eigenvalue weighted by Crippen LogP contribution is 2.49. The summed E-state index contributed by atoms with van der Waals surface area (Å²) in [7, 11) is 0. The summed E-state index contributed by atoms with van der Waals surface area (Å²) >= 11 is 0. The summed E-state index contributed by atoms with van der Waals surface area (Å²) in [5, 5.41) is 12.8. The molecular formula is C15H27NO2. The molecule has 2 fully saturated rings. The van der Waals surface area contributed by atoms with Gasteiger partial charge in [0.15, 0.2) is 0 Å². The number of carbonyl (C=O) groups excluding carboxylic acids is 1. The molecule has 2 rings (SSSR count). The third-order valence-corrected chi connectivity index (χ3v) is 4.82. The number of hydrogen-bond acceptors (Lipinski definition) is 2. The molecule has 1 amide bonds. The predicted molar refractivity (Wildman–Crippen MR) is 72.0 cm³/mol. The van der Waals surface area contributed by atoms with Crippen LogP contribution in [0.1, 0.15) is 52.9 Å². The lowest BCUT2D eigenvalue weighted by Crippen LogP contribution is -2.39. The Balaban J connectivity index is 1.70. The lowest BCUT2D eigenvalue weighted by Gasteiger charge is -2.26. The molecule has 0 heterocycles. The molecule has 4 unspecified atom stereocenters. The van der Waals surface area contributed by atoms with Crippen molar-refractivity contribution in [1.29, 1.82) is 0 Å². The van der Waals surface area contributed by atoms with Crippen molar-refractivity contribution in [2.24, 2.45) is 23.2 Å². The summed E-state index contributed by atoms with van der Waals surface area (Å²) in [6.45, 7) is 6.34. The predicted octanol–water partition coefficient (Wildman–Crippen LogP) is 2.34. The van der Waals surface area contributed by atoms with Gasteiger partial charge >= 0.3 is 0 Å². The minimum atomic E-state index is -0.471. The van der Waals surface area contributed by atoms with Gasteiger partial charge in [-0.1, -0.05) is 27.2 Å². The number of aliphatic hydroxyl groups excluding tert-OH is 1. The van der Waals surface area contributed by atoms with Crippen LogP contribution in [0.4, 0.5) is 0 Å². The minimum absolute atomic E-state index is 0.121. The van der Waals surface area contributed by atoms with E-state index in [0.717, 1.165) is 11.8 Å². The van der Waals surface area contributed by atoms with Crippen molar-refractivity contribution >= 4 is 5.91 Å². The Morgan fingerprint density at radius 1 is 1.33 bits per heavy atom. The smallest absolute Gasteiger partial charge is 0.220 e. The standard InChI is InChI=1S/C15H27NO2/c1-15(2,3)13(17)9-16-14(18)8-12-7-10-4-5-11(12)6-10/h10-13,17H,4-9H2,1-3H3,(H,16,18). The number of nitrogens with one attached hydrogen (secondary N) is 1. The quantitative estimate of drug-likeness (QED) is 0.808. The van der Waals surface area contributed by atoms with E-state index in [9.17, 15) is 9.90 Å². The number of carbonyl (C=O) groups is 1. The third-order valence-electron chi connectivity index (χ3n) is 4.82. The molecule has 0 radical (unpaired) electrons. The normalized spacial score (nSPS) is 32.6. The van der Waals surface area contributed by atoms with Crippen LogP contribution in [0.2, 0.25) is 0 Å². The van der Waals surface area contributed by atoms with Gasteiger partial charge in [0, 0.05) is 13.0 Å². The molecule has 2 N–H and O–H groups in total. The van der Waals surface area contributed by atoms with Gasteiger partial charge in [-0.3, -0.25) is 4.79 Å². The summed E-state index contributed by atoms with van der Waals surface area (Å²) in [6, 6.07) is 0. The Morgan fingerprint density at radius 2 is 2.06 bits per heavy atom. The molecule has 0 aromatic heterocycles. The van der Waals surface area contributed by atoms with Crippen LogP contribution in [0.3, 0.4) is 0 Å². The summed E-state index contributed by atoms with van der Waals surface area (Å²) < 4.78 is 0. The molecule has 0 aromatic rings. The first-order chi connectivity index (χ1) is 8.36. The van der Waals surface area contributed by atoms with Crippen molar-refractivity contribution in [3.8, 4) is 0 Å². The van der Waals surface area contributed by atoms with Gasteiger partial charge < -0.3 is 10.4 Å². The molecule has 4 atom stereocenters. The summed E-state index contributed by atoms with van der Waals surface area (Å²) in [5.41, 5.74) is -0.167. The summed E-state index contributed by atoms with van der Waals surface area (Å²) in [5.74, 6) is 2.42. The van der Waals surface area contributed by atoms with Gasteiger partial charge in [-0.2, -0.15) is 0 Å². The van der Waals surface area contributed by atoms with Gasteiger partial charge in [0.25, 0.3) is 0 Å². The Hall–Kier alpha value is -0.570. The van der Waals surface area contributed by atoms with Crippen LogP contribution < -0.4 is 5.32 Å². The maximum absolute atomic E-state index is 11.9. The second-order valence-corrected chi connectivity index (χ2v) is 7.32. The van der Waals surface area contributed by atoms with Crippen molar-refractivity contribution in [3.05, 3.63) is 0 Å². The first-order valence-corrected chi connectivity index (χ1v) is 7.31. The van der Waals surface area contributed by atoms with Crippen LogP contribution in [0.15, 0.2) is 0 Å². The molecule has 3 nitrogen and oxygen atoms in total. The van der Waals surface area contributed by atoms with Gasteiger partial charge in [0.1, 0.15) is 0 Å². The molecule has 3 heteroatoms. The molecule has 0 spiro atoms. The van der Waals surface area contributed by atoms with E-state index in [1.54, 1.807) is 0 Å². The second kappa shape index (κ2) is 5.20. The highest BCUT2D eigenvalue weighted by Gasteiger charge is 2.40. The lowest BCUT2D eigenvalue weighted by atomic mass is 9.86. The second-order valence-electron chi connectivity index (χ2n) is 7.32. The Morgan fingerprint density at radius 3 is 2.56 bits per heavy atom. The molecule has 0 aliphatic heterocycles. The Labute approximate surface area is 110 Å². The van der Waals surface area contributed by atoms with E-state index in [0.29, 0.717) is 18.9 Å². The molecule has 2 aliphatic rings. The van der Waals surface area contributed by atoms with Gasteiger partial charge in [0.05, 0.1) is 6.10 Å². The zero-order valence-electron chi connectivity index (χ0n) is 11.9. The molecule has 104 valence electrons. The van der Waals surface area contributed by atoms with Crippen LogP contribution in [0.5, 0.6) is 0 Å². The van der Waals surface area contributed by atoms with Crippen LogP contribution in [-0.2, 0) is 4.79 Å². The average molecular weight is 253 g/mol. The zero-order valence-corrected chi connectivity index (χ0v) is 11.9. The summed E-state index contributed by atoms with van der Waals surface area (Å²) in [6.07, 6.45) is 5.50. The topological polar surface area (TPSA) is 49.3 Å². The van der Waals surface area contributed by atoms with Crippen LogP contribution in [0, 0.1) is 23.2 Å². The van der Waals surface area contributed by atoms with Crippen molar-refractivity contribution in [3.63, 3.8) is 0 Å². The number of rotatable bonds is 4. The van der Waals surface area contributed by atoms with E-state index in [-0.39, 0.29) is 11.3 Å². The SMILES string of the molecule is CC(C)(C)C(O)CNC(=O)CC1CC2CCC1C2. The number of hydrogen-bond donors (Lipinski definition) is 2. The fourth-order valence-electron chi connectivity index (χ4n) is 3.45. The van der Waals surface area contributed by atoms with Crippen molar-refractivity contribution in [2.45, 2.75) is 59.0 Å². The number of aliphatic hydroxyl groups is 1. The fraction of sp³-hybridized carbons (Fsp3) is 0.933. The molecule has 2 aliphatic carbocycles. The van der Waals surface area contributed by atoms with Crippen molar-refractivity contribution < 1.29 is 9.90 Å². The van der Waals surface area contributed by atoms with Gasteiger partial charge in [0.2, 0.25) is 5.91 Å². The van der Waals surface area contributed by atoms with E-state index in [1.807, 2.05) is 20.8 Å². The first-order valence-electron chi connectivity index (χ1n) is 7.31. The molecule has 0 aromatic carbocycles. The number of amides is 1. The van der Waals surface area contributed by atoms with Crippen molar-refractivity contribution in [2.75, 3.05) is 6.54 Å². The molecular weight excluding hydrogens is 226 g/mol. The maximum atomic E-state index is 11.9. The highest BCUT2D eigenvalue weighted by atomic mass is 16.3. The van der Waals surface area contributed by atoms with E-state index in [2.05, 4.69) is 5.32 Å². The largest absolute Gasteiger partial charge is 0.391 e. The Kier molecular flexibility index (Phi) is 4.00. The maximum Gasteiger partial charge on any atom is 0.220 e. The lowest BCUT2D eigenvalue weighted by molar-refractivity contribution is -0.123. The van der Waals surface area contributed by atoms with Crippen LogP contribution >= 0.6 is 0 Å². The minimum Gasteiger partial charge on any atom is -0.391 e. The zero-order chi connectivity index (χ0) is 13.3. The van der Waals surface area contributed by atoms with Crippen LogP contribution in [0.25, 0.3) is 0 Å². The van der Waals surface area contributed by atoms with E-state index in [4.69, 9.17) is 0 Å².